The SMILES string of the molecule is CC(O)Oc1ccc(OC(C)O)c(O)c1O. The minimum Gasteiger partial charge on any atom is -0.502 e. The first kappa shape index (κ1) is 12.4. The van der Waals surface area contributed by atoms with E-state index in [0.717, 1.165) is 0 Å². The number of aromatic hydroxyl groups is 2. The van der Waals surface area contributed by atoms with Crippen molar-refractivity contribution in [3.05, 3.63) is 12.1 Å². The number of hydrogen-bond donors (Lipinski definition) is 4. The molecule has 1 aromatic rings. The second-order valence-electron chi connectivity index (χ2n) is 3.19. The fraction of sp³-hybridized carbons (Fsp3) is 0.400. The zero-order chi connectivity index (χ0) is 12.3. The number of aliphatic hydroxyl groups excluding tert-OH is 2. The fourth-order valence-electron chi connectivity index (χ4n) is 1.10. The van der Waals surface area contributed by atoms with Crippen LogP contribution in [-0.2, 0) is 0 Å². The van der Waals surface area contributed by atoms with Gasteiger partial charge in [0.1, 0.15) is 0 Å². The lowest BCUT2D eigenvalue weighted by molar-refractivity contribution is -0.00653. The van der Waals surface area contributed by atoms with Crippen LogP contribution in [0.15, 0.2) is 12.1 Å². The van der Waals surface area contributed by atoms with Crippen LogP contribution >= 0.6 is 0 Å². The van der Waals surface area contributed by atoms with E-state index in [1.54, 1.807) is 0 Å². The van der Waals surface area contributed by atoms with E-state index in [4.69, 9.17) is 19.7 Å². The molecule has 2 unspecified atom stereocenters. The Bertz CT molecular complexity index is 326. The van der Waals surface area contributed by atoms with Gasteiger partial charge in [0.15, 0.2) is 24.1 Å². The molecule has 0 bridgehead atoms. The zero-order valence-electron chi connectivity index (χ0n) is 8.91. The Labute approximate surface area is 92.3 Å². The standard InChI is InChI=1S/C10H14O6/c1-5(11)15-7-3-4-8(16-6(2)12)10(14)9(7)13/h3-6,11-14H,1-2H3. The Hall–Kier alpha value is -1.66. The molecule has 1 rings (SSSR count). The van der Waals surface area contributed by atoms with Gasteiger partial charge in [-0.05, 0) is 26.0 Å². The molecular weight excluding hydrogens is 216 g/mol. The molecule has 0 spiro atoms. The molecule has 0 saturated heterocycles. The van der Waals surface area contributed by atoms with Crippen LogP contribution in [0.4, 0.5) is 0 Å². The fourth-order valence-corrected chi connectivity index (χ4v) is 1.10. The Balaban J connectivity index is 2.98. The number of hydrogen-bond acceptors (Lipinski definition) is 6. The van der Waals surface area contributed by atoms with Gasteiger partial charge in [0.05, 0.1) is 0 Å². The largest absolute Gasteiger partial charge is 0.502 e. The third kappa shape index (κ3) is 2.91. The summed E-state index contributed by atoms with van der Waals surface area (Å²) in [6, 6.07) is 2.61. The maximum atomic E-state index is 9.49. The minimum atomic E-state index is -1.12. The average molecular weight is 230 g/mol. The van der Waals surface area contributed by atoms with E-state index >= 15 is 0 Å². The molecule has 0 aromatic heterocycles. The third-order valence-corrected chi connectivity index (χ3v) is 1.67. The molecule has 0 saturated carbocycles. The van der Waals surface area contributed by atoms with Gasteiger partial charge in [0, 0.05) is 0 Å². The molecule has 0 aliphatic rings. The highest BCUT2D eigenvalue weighted by Crippen LogP contribution is 2.42. The summed E-state index contributed by atoms with van der Waals surface area (Å²) < 4.78 is 9.63. The first-order valence-corrected chi connectivity index (χ1v) is 4.66. The van der Waals surface area contributed by atoms with E-state index in [1.807, 2.05) is 0 Å². The molecule has 0 amide bonds. The third-order valence-electron chi connectivity index (χ3n) is 1.67. The molecule has 0 aliphatic carbocycles. The molecule has 0 aliphatic heterocycles. The van der Waals surface area contributed by atoms with Crippen molar-refractivity contribution in [3.63, 3.8) is 0 Å². The van der Waals surface area contributed by atoms with Crippen molar-refractivity contribution in [3.8, 4) is 23.0 Å². The normalized spacial score (nSPS) is 14.2. The smallest absolute Gasteiger partial charge is 0.204 e. The van der Waals surface area contributed by atoms with Gasteiger partial charge in [0.25, 0.3) is 0 Å². The summed E-state index contributed by atoms with van der Waals surface area (Å²) in [6.07, 6.45) is -2.23. The molecule has 0 radical (unpaired) electrons. The zero-order valence-corrected chi connectivity index (χ0v) is 8.91. The van der Waals surface area contributed by atoms with E-state index in [2.05, 4.69) is 0 Å². The molecule has 2 atom stereocenters. The van der Waals surface area contributed by atoms with Crippen LogP contribution in [0.5, 0.6) is 23.0 Å². The Morgan fingerprint density at radius 1 is 0.875 bits per heavy atom. The van der Waals surface area contributed by atoms with Crippen LogP contribution in [0, 0.1) is 0 Å². The highest BCUT2D eigenvalue weighted by Gasteiger charge is 2.16. The number of phenolic OH excluding ortho intramolecular Hbond substituents is 2. The second-order valence-corrected chi connectivity index (χ2v) is 3.19. The number of benzene rings is 1. The van der Waals surface area contributed by atoms with Crippen molar-refractivity contribution in [1.29, 1.82) is 0 Å². The highest BCUT2D eigenvalue weighted by molar-refractivity contribution is 5.57. The van der Waals surface area contributed by atoms with Gasteiger partial charge >= 0.3 is 0 Å². The molecule has 4 N–H and O–H groups in total. The van der Waals surface area contributed by atoms with Crippen molar-refractivity contribution in [2.75, 3.05) is 0 Å². The van der Waals surface area contributed by atoms with Crippen molar-refractivity contribution in [2.45, 2.75) is 26.4 Å². The van der Waals surface area contributed by atoms with E-state index in [9.17, 15) is 10.2 Å². The summed E-state index contributed by atoms with van der Waals surface area (Å²) in [6.45, 7) is 2.72. The van der Waals surface area contributed by atoms with Crippen LogP contribution in [-0.4, -0.2) is 33.0 Å². The van der Waals surface area contributed by atoms with Crippen LogP contribution < -0.4 is 9.47 Å². The summed E-state index contributed by atoms with van der Waals surface area (Å²) in [4.78, 5) is 0. The molecule has 1 aromatic carbocycles. The number of aliphatic hydroxyl groups is 2. The van der Waals surface area contributed by atoms with E-state index in [0.29, 0.717) is 0 Å². The van der Waals surface area contributed by atoms with Gasteiger partial charge in [-0.3, -0.25) is 0 Å². The van der Waals surface area contributed by atoms with Crippen molar-refractivity contribution >= 4 is 0 Å². The number of phenols is 2. The number of rotatable bonds is 4. The highest BCUT2D eigenvalue weighted by atomic mass is 16.6. The van der Waals surface area contributed by atoms with E-state index < -0.39 is 24.1 Å². The number of ether oxygens (including phenoxy) is 2. The predicted molar refractivity (Wildman–Crippen MR) is 54.4 cm³/mol. The lowest BCUT2D eigenvalue weighted by Gasteiger charge is -2.14. The second kappa shape index (κ2) is 4.91. The van der Waals surface area contributed by atoms with Gasteiger partial charge in [-0.25, -0.2) is 0 Å². The van der Waals surface area contributed by atoms with Crippen molar-refractivity contribution < 1.29 is 29.9 Å². The van der Waals surface area contributed by atoms with E-state index in [1.165, 1.54) is 26.0 Å². The minimum absolute atomic E-state index is 0.0783. The van der Waals surface area contributed by atoms with Crippen LogP contribution in [0.3, 0.4) is 0 Å². The molecule has 16 heavy (non-hydrogen) atoms. The molecular formula is C10H14O6. The van der Waals surface area contributed by atoms with Gasteiger partial charge in [-0.2, -0.15) is 0 Å². The van der Waals surface area contributed by atoms with Crippen LogP contribution in [0.2, 0.25) is 0 Å². The quantitative estimate of drug-likeness (QED) is 0.445. The van der Waals surface area contributed by atoms with E-state index in [-0.39, 0.29) is 11.5 Å². The molecule has 0 heterocycles. The average Bonchev–Trinajstić information content (AvgIpc) is 2.16. The monoisotopic (exact) mass is 230 g/mol. The Morgan fingerprint density at radius 2 is 1.19 bits per heavy atom. The van der Waals surface area contributed by atoms with Crippen molar-refractivity contribution in [2.24, 2.45) is 0 Å². The summed E-state index contributed by atoms with van der Waals surface area (Å²) in [5, 5.41) is 36.9. The topological polar surface area (TPSA) is 99.4 Å². The summed E-state index contributed by atoms with van der Waals surface area (Å²) in [7, 11) is 0. The first-order valence-electron chi connectivity index (χ1n) is 4.66. The van der Waals surface area contributed by atoms with Gasteiger partial charge in [-0.15, -0.1) is 0 Å². The molecule has 0 fully saturated rings. The summed E-state index contributed by atoms with van der Waals surface area (Å²) in [5.74, 6) is -1.27. The van der Waals surface area contributed by atoms with Crippen molar-refractivity contribution in [1.82, 2.24) is 0 Å². The summed E-state index contributed by atoms with van der Waals surface area (Å²) in [5.41, 5.74) is 0. The molecule has 6 heteroatoms. The van der Waals surface area contributed by atoms with Gasteiger partial charge in [0.2, 0.25) is 11.5 Å². The van der Waals surface area contributed by atoms with Crippen LogP contribution in [0.25, 0.3) is 0 Å². The predicted octanol–water partition coefficient (Wildman–Crippen LogP) is 0.532. The molecule has 90 valence electrons. The van der Waals surface area contributed by atoms with Gasteiger partial charge < -0.3 is 29.9 Å². The summed E-state index contributed by atoms with van der Waals surface area (Å²) >= 11 is 0. The van der Waals surface area contributed by atoms with Gasteiger partial charge in [-0.1, -0.05) is 0 Å². The lowest BCUT2D eigenvalue weighted by Crippen LogP contribution is -2.11. The molecule has 6 nitrogen and oxygen atoms in total. The maximum absolute atomic E-state index is 9.49. The lowest BCUT2D eigenvalue weighted by atomic mass is 10.2. The first-order chi connectivity index (χ1) is 7.41. The maximum Gasteiger partial charge on any atom is 0.204 e. The Morgan fingerprint density at radius 3 is 1.44 bits per heavy atom. The Kier molecular flexibility index (Phi) is 3.81. The van der Waals surface area contributed by atoms with Crippen LogP contribution in [0.1, 0.15) is 13.8 Å².